The Hall–Kier alpha value is -2.85. The van der Waals surface area contributed by atoms with Crippen molar-refractivity contribution in [3.63, 3.8) is 0 Å². The van der Waals surface area contributed by atoms with Gasteiger partial charge < -0.3 is 15.4 Å². The molecule has 3 rings (SSSR count). The topological polar surface area (TPSA) is 99.2 Å². The van der Waals surface area contributed by atoms with E-state index < -0.39 is 17.8 Å². The number of nitrogens with two attached hydrogens (primary N) is 1. The van der Waals surface area contributed by atoms with Gasteiger partial charge in [-0.2, -0.15) is 18.3 Å². The van der Waals surface area contributed by atoms with Gasteiger partial charge in [-0.1, -0.05) is 0 Å². The van der Waals surface area contributed by atoms with Crippen LogP contribution in [0.25, 0.3) is 0 Å². The number of amides is 1. The summed E-state index contributed by atoms with van der Waals surface area (Å²) in [5.41, 5.74) is 5.93. The van der Waals surface area contributed by atoms with Crippen molar-refractivity contribution in [1.82, 2.24) is 19.7 Å². The van der Waals surface area contributed by atoms with Crippen LogP contribution in [-0.4, -0.2) is 31.9 Å². The number of nitrogens with zero attached hydrogens (tertiary/aromatic N) is 5. The number of primary amides is 1. The van der Waals surface area contributed by atoms with Crippen LogP contribution in [-0.2, 0) is 30.5 Å². The Morgan fingerprint density at radius 1 is 1.33 bits per heavy atom. The van der Waals surface area contributed by atoms with Gasteiger partial charge >= 0.3 is 12.3 Å². The van der Waals surface area contributed by atoms with Crippen LogP contribution in [0.3, 0.4) is 0 Å². The number of ether oxygens (including phenoxy) is 1. The lowest BCUT2D eigenvalue weighted by molar-refractivity contribution is -0.138. The van der Waals surface area contributed by atoms with Gasteiger partial charge in [0.15, 0.2) is 0 Å². The summed E-state index contributed by atoms with van der Waals surface area (Å²) in [6.45, 7) is 3.36. The first-order valence-electron chi connectivity index (χ1n) is 8.38. The van der Waals surface area contributed by atoms with Gasteiger partial charge in [-0.25, -0.2) is 14.8 Å². The second-order valence-corrected chi connectivity index (χ2v) is 6.38. The maximum absolute atomic E-state index is 12.6. The lowest BCUT2D eigenvalue weighted by atomic mass is 10.2. The molecule has 0 bridgehead atoms. The predicted octanol–water partition coefficient (Wildman–Crippen LogP) is 2.48. The number of carbonyl (C=O) groups excluding carboxylic acids is 1. The highest BCUT2D eigenvalue weighted by Gasteiger charge is 2.32. The zero-order valence-corrected chi connectivity index (χ0v) is 14.6. The number of fused-ring (bicyclic) bond motifs is 1. The van der Waals surface area contributed by atoms with E-state index in [4.69, 9.17) is 10.5 Å². The fourth-order valence-electron chi connectivity index (χ4n) is 2.89. The maximum atomic E-state index is 12.6. The molecule has 11 heteroatoms. The van der Waals surface area contributed by atoms with E-state index in [2.05, 4.69) is 15.1 Å². The van der Waals surface area contributed by atoms with Gasteiger partial charge in [0, 0.05) is 37.2 Å². The molecule has 0 radical (unpaired) electrons. The predicted molar refractivity (Wildman–Crippen MR) is 88.5 cm³/mol. The molecule has 1 amide bonds. The summed E-state index contributed by atoms with van der Waals surface area (Å²) in [6.07, 6.45) is -0.586. The van der Waals surface area contributed by atoms with Crippen molar-refractivity contribution in [2.45, 2.75) is 51.7 Å². The summed E-state index contributed by atoms with van der Waals surface area (Å²) in [5.74, 6) is 0.241. The van der Waals surface area contributed by atoms with Gasteiger partial charge in [0.2, 0.25) is 5.95 Å². The number of hydrogen-bond donors (Lipinski definition) is 1. The van der Waals surface area contributed by atoms with E-state index in [1.165, 1.54) is 0 Å². The summed E-state index contributed by atoms with van der Waals surface area (Å²) in [6, 6.07) is 0. The number of aryl methyl sites for hydroxylation is 1. The van der Waals surface area contributed by atoms with Gasteiger partial charge in [-0.05, 0) is 19.8 Å². The van der Waals surface area contributed by atoms with Crippen molar-refractivity contribution in [2.75, 3.05) is 4.90 Å². The first-order valence-corrected chi connectivity index (χ1v) is 8.38. The van der Waals surface area contributed by atoms with Crippen LogP contribution < -0.4 is 10.6 Å². The second-order valence-electron chi connectivity index (χ2n) is 6.38. The number of rotatable bonds is 6. The molecule has 3 heterocycles. The van der Waals surface area contributed by atoms with Crippen molar-refractivity contribution in [2.24, 2.45) is 5.73 Å². The largest absolute Gasteiger partial charge is 0.447 e. The summed E-state index contributed by atoms with van der Waals surface area (Å²) < 4.78 is 44.4. The van der Waals surface area contributed by atoms with E-state index in [0.717, 1.165) is 30.1 Å². The molecule has 0 saturated heterocycles. The number of alkyl halides is 3. The molecule has 1 aliphatic heterocycles. The van der Waals surface area contributed by atoms with Crippen LogP contribution in [0.4, 0.5) is 23.9 Å². The normalized spacial score (nSPS) is 14.9. The monoisotopic (exact) mass is 384 g/mol. The summed E-state index contributed by atoms with van der Waals surface area (Å²) in [7, 11) is 0. The van der Waals surface area contributed by atoms with Crippen LogP contribution in [0, 0.1) is 0 Å². The minimum Gasteiger partial charge on any atom is -0.447 e. The standard InChI is InChI=1S/C16H19F3N6O2/c1-10(27-14(20)26)3-2-4-25-8-11-7-24(9-13(11)23-25)15-21-5-12(6-22-15)16(17,18)19/h5-6,8,10H,2-4,7,9H2,1H3,(H2,20,26)/t10-/m0/s1. The molecule has 2 aromatic rings. The van der Waals surface area contributed by atoms with E-state index in [9.17, 15) is 18.0 Å². The highest BCUT2D eigenvalue weighted by Crippen LogP contribution is 2.30. The molecule has 1 atom stereocenters. The van der Waals surface area contributed by atoms with Gasteiger partial charge in [0.1, 0.15) is 6.10 Å². The Bertz CT molecular complexity index is 782. The van der Waals surface area contributed by atoms with E-state index in [0.29, 0.717) is 26.1 Å². The van der Waals surface area contributed by atoms with E-state index >= 15 is 0 Å². The van der Waals surface area contributed by atoms with Crippen LogP contribution >= 0.6 is 0 Å². The van der Waals surface area contributed by atoms with Crippen LogP contribution in [0.2, 0.25) is 0 Å². The third-order valence-electron chi connectivity index (χ3n) is 4.19. The van der Waals surface area contributed by atoms with Crippen molar-refractivity contribution in [1.29, 1.82) is 0 Å². The zero-order chi connectivity index (χ0) is 19.6. The highest BCUT2D eigenvalue weighted by atomic mass is 19.4. The van der Waals surface area contributed by atoms with Crippen LogP contribution in [0.1, 0.15) is 36.6 Å². The molecule has 0 unspecified atom stereocenters. The Morgan fingerprint density at radius 2 is 2.04 bits per heavy atom. The zero-order valence-electron chi connectivity index (χ0n) is 14.6. The lowest BCUT2D eigenvalue weighted by Crippen LogP contribution is -2.21. The molecule has 0 aromatic carbocycles. The van der Waals surface area contributed by atoms with E-state index in [1.807, 2.05) is 10.9 Å². The molecule has 2 N–H and O–H groups in total. The van der Waals surface area contributed by atoms with Gasteiger partial charge in [-0.3, -0.25) is 4.68 Å². The SMILES string of the molecule is C[C@@H](CCCn1cc2c(n1)CN(c1ncc(C(F)(F)F)cn1)C2)OC(N)=O. The van der Waals surface area contributed by atoms with Crippen LogP contribution in [0.15, 0.2) is 18.6 Å². The first-order chi connectivity index (χ1) is 12.7. The van der Waals surface area contributed by atoms with Crippen molar-refractivity contribution < 1.29 is 22.7 Å². The number of anilines is 1. The van der Waals surface area contributed by atoms with Crippen LogP contribution in [0.5, 0.6) is 0 Å². The fourth-order valence-corrected chi connectivity index (χ4v) is 2.89. The molecule has 146 valence electrons. The average molecular weight is 384 g/mol. The lowest BCUT2D eigenvalue weighted by Gasteiger charge is -2.16. The molecule has 0 spiro atoms. The fraction of sp³-hybridized carbons (Fsp3) is 0.500. The molecular formula is C16H19F3N6O2. The van der Waals surface area contributed by atoms with Crippen molar-refractivity contribution in [3.05, 3.63) is 35.4 Å². The third-order valence-corrected chi connectivity index (χ3v) is 4.19. The van der Waals surface area contributed by atoms with Gasteiger partial charge in [0.05, 0.1) is 17.8 Å². The highest BCUT2D eigenvalue weighted by molar-refractivity contribution is 5.64. The quantitative estimate of drug-likeness (QED) is 0.821. The molecule has 8 nitrogen and oxygen atoms in total. The molecule has 0 aliphatic carbocycles. The van der Waals surface area contributed by atoms with E-state index in [-0.39, 0.29) is 12.1 Å². The summed E-state index contributed by atoms with van der Waals surface area (Å²) in [4.78, 5) is 20.1. The van der Waals surface area contributed by atoms with E-state index in [1.54, 1.807) is 11.8 Å². The van der Waals surface area contributed by atoms with Gasteiger partial charge in [-0.15, -0.1) is 0 Å². The van der Waals surface area contributed by atoms with Crippen molar-refractivity contribution >= 4 is 12.0 Å². The van der Waals surface area contributed by atoms with Crippen molar-refractivity contribution in [3.8, 4) is 0 Å². The molecule has 27 heavy (non-hydrogen) atoms. The average Bonchev–Trinajstić information content (AvgIpc) is 3.12. The third kappa shape index (κ3) is 4.66. The smallest absolute Gasteiger partial charge is 0.419 e. The minimum absolute atomic E-state index is 0.241. The molecule has 0 saturated carbocycles. The Balaban J connectivity index is 1.53. The number of carbonyl (C=O) groups is 1. The minimum atomic E-state index is -4.45. The number of aromatic nitrogens is 4. The molecule has 2 aromatic heterocycles. The Morgan fingerprint density at radius 3 is 2.63 bits per heavy atom. The summed E-state index contributed by atoms with van der Waals surface area (Å²) >= 11 is 0. The summed E-state index contributed by atoms with van der Waals surface area (Å²) in [5, 5.41) is 4.49. The Labute approximate surface area is 153 Å². The number of hydrogen-bond acceptors (Lipinski definition) is 6. The molecule has 1 aliphatic rings. The molecular weight excluding hydrogens is 365 g/mol. The maximum Gasteiger partial charge on any atom is 0.419 e. The Kier molecular flexibility index (Phi) is 5.19. The molecule has 0 fully saturated rings. The second kappa shape index (κ2) is 7.41. The van der Waals surface area contributed by atoms with Gasteiger partial charge in [0.25, 0.3) is 0 Å². The first kappa shape index (κ1) is 18.9. The number of halogens is 3.